The smallest absolute Gasteiger partial charge is 0.328 e. The van der Waals surface area contributed by atoms with E-state index in [0.717, 1.165) is 6.07 Å². The minimum Gasteiger partial charge on any atom is -0.328 e. The zero-order valence-electron chi connectivity index (χ0n) is 8.08. The van der Waals surface area contributed by atoms with Crippen molar-refractivity contribution in [1.82, 2.24) is 4.57 Å². The van der Waals surface area contributed by atoms with Gasteiger partial charge in [0, 0.05) is 18.3 Å². The van der Waals surface area contributed by atoms with Crippen LogP contribution in [-0.2, 0) is 0 Å². The summed E-state index contributed by atoms with van der Waals surface area (Å²) in [6.07, 6.45) is -4.51. The van der Waals surface area contributed by atoms with Crippen molar-refractivity contribution in [2.75, 3.05) is 6.54 Å². The number of rotatable bonds is 2. The third-order valence-corrected chi connectivity index (χ3v) is 2.11. The molecule has 0 fully saturated rings. The number of alkyl halides is 3. The fourth-order valence-corrected chi connectivity index (χ4v) is 1.39. The Morgan fingerprint density at radius 3 is 2.47 bits per heavy atom. The van der Waals surface area contributed by atoms with Gasteiger partial charge < -0.3 is 5.73 Å². The van der Waals surface area contributed by atoms with Gasteiger partial charge in [-0.2, -0.15) is 13.2 Å². The van der Waals surface area contributed by atoms with E-state index in [1.807, 2.05) is 0 Å². The number of nitrogens with zero attached hydrogens (tertiary/aromatic N) is 1. The first kappa shape index (κ1) is 11.8. The van der Waals surface area contributed by atoms with Crippen LogP contribution >= 0.6 is 0 Å². The van der Waals surface area contributed by atoms with Crippen LogP contribution in [0.5, 0.6) is 0 Å². The van der Waals surface area contributed by atoms with E-state index in [2.05, 4.69) is 0 Å². The van der Waals surface area contributed by atoms with Crippen LogP contribution in [0.4, 0.5) is 13.2 Å². The van der Waals surface area contributed by atoms with Crippen molar-refractivity contribution in [1.29, 1.82) is 0 Å². The summed E-state index contributed by atoms with van der Waals surface area (Å²) in [4.78, 5) is 11.3. The van der Waals surface area contributed by atoms with E-state index in [0.29, 0.717) is 4.57 Å². The van der Waals surface area contributed by atoms with Gasteiger partial charge in [0.15, 0.2) is 0 Å². The molecule has 0 saturated heterocycles. The van der Waals surface area contributed by atoms with Gasteiger partial charge in [0.1, 0.15) is 6.04 Å². The monoisotopic (exact) mass is 220 g/mol. The highest BCUT2D eigenvalue weighted by molar-refractivity contribution is 5.07. The molecular weight excluding hydrogens is 209 g/mol. The Balaban J connectivity index is 3.31. The number of halogens is 3. The SMILES string of the molecule is Cc1cccc(=O)n1C(CN)C(F)(F)F. The van der Waals surface area contributed by atoms with E-state index in [9.17, 15) is 18.0 Å². The first-order chi connectivity index (χ1) is 6.88. The van der Waals surface area contributed by atoms with Gasteiger partial charge in [-0.25, -0.2) is 0 Å². The van der Waals surface area contributed by atoms with Crippen molar-refractivity contribution in [3.05, 3.63) is 34.2 Å². The highest BCUT2D eigenvalue weighted by Gasteiger charge is 2.40. The van der Waals surface area contributed by atoms with Gasteiger partial charge in [-0.15, -0.1) is 0 Å². The lowest BCUT2D eigenvalue weighted by atomic mass is 10.2. The molecule has 0 aromatic carbocycles. The number of nitrogens with two attached hydrogens (primary N) is 1. The zero-order valence-corrected chi connectivity index (χ0v) is 8.08. The quantitative estimate of drug-likeness (QED) is 0.814. The highest BCUT2D eigenvalue weighted by Crippen LogP contribution is 2.29. The minimum absolute atomic E-state index is 0.246. The maximum absolute atomic E-state index is 12.5. The molecule has 15 heavy (non-hydrogen) atoms. The van der Waals surface area contributed by atoms with Gasteiger partial charge >= 0.3 is 6.18 Å². The maximum Gasteiger partial charge on any atom is 0.410 e. The van der Waals surface area contributed by atoms with Gasteiger partial charge in [0.05, 0.1) is 0 Å². The third-order valence-electron chi connectivity index (χ3n) is 2.11. The van der Waals surface area contributed by atoms with Crippen LogP contribution in [-0.4, -0.2) is 17.3 Å². The van der Waals surface area contributed by atoms with E-state index < -0.39 is 24.3 Å². The number of pyridine rings is 1. The van der Waals surface area contributed by atoms with E-state index in [4.69, 9.17) is 5.73 Å². The molecule has 0 aliphatic rings. The Morgan fingerprint density at radius 1 is 1.47 bits per heavy atom. The van der Waals surface area contributed by atoms with Gasteiger partial charge in [0.25, 0.3) is 5.56 Å². The molecule has 3 nitrogen and oxygen atoms in total. The van der Waals surface area contributed by atoms with Crippen molar-refractivity contribution in [2.24, 2.45) is 5.73 Å². The van der Waals surface area contributed by atoms with E-state index >= 15 is 0 Å². The summed E-state index contributed by atoms with van der Waals surface area (Å²) in [5, 5.41) is 0. The predicted octanol–water partition coefficient (Wildman–Crippen LogP) is 1.22. The first-order valence-corrected chi connectivity index (χ1v) is 4.33. The molecular formula is C9H11F3N2O. The normalized spacial score (nSPS) is 13.9. The number of hydrogen-bond acceptors (Lipinski definition) is 2. The van der Waals surface area contributed by atoms with Crippen molar-refractivity contribution >= 4 is 0 Å². The average molecular weight is 220 g/mol. The van der Waals surface area contributed by atoms with Crippen LogP contribution in [0.25, 0.3) is 0 Å². The molecule has 84 valence electrons. The van der Waals surface area contributed by atoms with Gasteiger partial charge in [-0.05, 0) is 13.0 Å². The molecule has 0 aliphatic heterocycles. The van der Waals surface area contributed by atoms with E-state index in [-0.39, 0.29) is 5.69 Å². The summed E-state index contributed by atoms with van der Waals surface area (Å²) < 4.78 is 38.2. The van der Waals surface area contributed by atoms with Crippen LogP contribution in [0.3, 0.4) is 0 Å². The Morgan fingerprint density at radius 2 is 2.07 bits per heavy atom. The van der Waals surface area contributed by atoms with Crippen LogP contribution in [0.1, 0.15) is 11.7 Å². The topological polar surface area (TPSA) is 48.0 Å². The Labute approximate surface area is 84.3 Å². The molecule has 2 N–H and O–H groups in total. The number of aryl methyl sites for hydroxylation is 1. The van der Waals surface area contributed by atoms with Crippen molar-refractivity contribution in [3.63, 3.8) is 0 Å². The van der Waals surface area contributed by atoms with Gasteiger partial charge in [-0.1, -0.05) is 6.07 Å². The maximum atomic E-state index is 12.5. The molecule has 0 aliphatic carbocycles. The summed E-state index contributed by atoms with van der Waals surface area (Å²) in [5.74, 6) is 0. The number of hydrogen-bond donors (Lipinski definition) is 1. The van der Waals surface area contributed by atoms with Crippen molar-refractivity contribution in [3.8, 4) is 0 Å². The summed E-state index contributed by atoms with van der Waals surface area (Å²) in [6.45, 7) is 0.796. The van der Waals surface area contributed by atoms with Crippen molar-refractivity contribution < 1.29 is 13.2 Å². The molecule has 6 heteroatoms. The molecule has 0 amide bonds. The Kier molecular flexibility index (Phi) is 3.18. The standard InChI is InChI=1S/C9H11F3N2O/c1-6-3-2-4-8(15)14(6)7(5-13)9(10,11)12/h2-4,7H,5,13H2,1H3. The third kappa shape index (κ3) is 2.38. The molecule has 1 atom stereocenters. The number of aromatic nitrogens is 1. The summed E-state index contributed by atoms with van der Waals surface area (Å²) in [7, 11) is 0. The average Bonchev–Trinajstić information content (AvgIpc) is 2.09. The van der Waals surface area contributed by atoms with Crippen LogP contribution in [0.15, 0.2) is 23.0 Å². The lowest BCUT2D eigenvalue weighted by molar-refractivity contribution is -0.166. The molecule has 1 rings (SSSR count). The van der Waals surface area contributed by atoms with Crippen LogP contribution in [0.2, 0.25) is 0 Å². The first-order valence-electron chi connectivity index (χ1n) is 4.33. The van der Waals surface area contributed by atoms with E-state index in [1.165, 1.54) is 19.1 Å². The lowest BCUT2D eigenvalue weighted by Gasteiger charge is -2.22. The summed E-state index contributed by atoms with van der Waals surface area (Å²) in [5.41, 5.74) is 4.60. The molecule has 1 aromatic rings. The Hall–Kier alpha value is -1.30. The second kappa shape index (κ2) is 4.06. The predicted molar refractivity (Wildman–Crippen MR) is 49.6 cm³/mol. The summed E-state index contributed by atoms with van der Waals surface area (Å²) >= 11 is 0. The molecule has 0 radical (unpaired) electrons. The molecule has 1 unspecified atom stereocenters. The molecule has 0 spiro atoms. The molecule has 1 aromatic heterocycles. The fourth-order valence-electron chi connectivity index (χ4n) is 1.39. The lowest BCUT2D eigenvalue weighted by Crippen LogP contribution is -2.39. The van der Waals surface area contributed by atoms with E-state index in [1.54, 1.807) is 0 Å². The minimum atomic E-state index is -4.51. The second-order valence-electron chi connectivity index (χ2n) is 3.17. The van der Waals surface area contributed by atoms with Crippen LogP contribution in [0, 0.1) is 6.92 Å². The highest BCUT2D eigenvalue weighted by atomic mass is 19.4. The largest absolute Gasteiger partial charge is 0.410 e. The van der Waals surface area contributed by atoms with Crippen LogP contribution < -0.4 is 11.3 Å². The molecule has 0 bridgehead atoms. The fraction of sp³-hybridized carbons (Fsp3) is 0.444. The van der Waals surface area contributed by atoms with Gasteiger partial charge in [-0.3, -0.25) is 9.36 Å². The molecule has 0 saturated carbocycles. The second-order valence-corrected chi connectivity index (χ2v) is 3.17. The van der Waals surface area contributed by atoms with Crippen molar-refractivity contribution in [2.45, 2.75) is 19.1 Å². The van der Waals surface area contributed by atoms with Gasteiger partial charge in [0.2, 0.25) is 0 Å². The Bertz CT molecular complexity index is 397. The molecule has 1 heterocycles. The summed E-state index contributed by atoms with van der Waals surface area (Å²) in [6, 6.07) is 1.99. The zero-order chi connectivity index (χ0) is 11.6.